The van der Waals surface area contributed by atoms with Crippen molar-refractivity contribution in [2.24, 2.45) is 0 Å². The lowest BCUT2D eigenvalue weighted by atomic mass is 10.3. The molecule has 3 rings (SSSR count). The molecule has 0 aliphatic rings. The fraction of sp³-hybridized carbons (Fsp3) is 0.286. The fourth-order valence-corrected chi connectivity index (χ4v) is 3.26. The van der Waals surface area contributed by atoms with Crippen molar-refractivity contribution < 1.29 is 14.2 Å². The number of rotatable bonds is 10. The second kappa shape index (κ2) is 10.5. The molecule has 158 valence electrons. The molecule has 0 saturated heterocycles. The maximum atomic E-state index is 13.0. The number of para-hydroxylation sites is 1. The third-order valence-corrected chi connectivity index (χ3v) is 5.05. The fourth-order valence-electron chi connectivity index (χ4n) is 2.65. The number of nitrogens with one attached hydrogen (secondary N) is 1. The highest BCUT2D eigenvalue weighted by atomic mass is 32.2. The van der Waals surface area contributed by atoms with Crippen LogP contribution in [0, 0.1) is 0 Å². The Labute approximate surface area is 179 Å². The Morgan fingerprint density at radius 1 is 1.03 bits per heavy atom. The van der Waals surface area contributed by atoms with Crippen molar-refractivity contribution in [2.45, 2.75) is 19.4 Å². The molecule has 1 heterocycles. The highest BCUT2D eigenvalue weighted by Gasteiger charge is 2.14. The van der Waals surface area contributed by atoms with Gasteiger partial charge in [0.15, 0.2) is 17.2 Å². The molecule has 0 bridgehead atoms. The first kappa shape index (κ1) is 21.5. The zero-order chi connectivity index (χ0) is 21.3. The van der Waals surface area contributed by atoms with Crippen LogP contribution in [0.5, 0.6) is 17.2 Å². The topological polar surface area (TPSA) is 87.5 Å². The molecule has 30 heavy (non-hydrogen) atoms. The van der Waals surface area contributed by atoms with Gasteiger partial charge in [0.2, 0.25) is 5.95 Å². The Bertz CT molecular complexity index is 1030. The van der Waals surface area contributed by atoms with Crippen LogP contribution in [0.25, 0.3) is 0 Å². The highest BCUT2D eigenvalue weighted by molar-refractivity contribution is 7.98. The number of anilines is 2. The number of nitrogens with zero attached hydrogens (tertiary/aromatic N) is 3. The molecular formula is C21H24N4O4S. The van der Waals surface area contributed by atoms with Gasteiger partial charge in [0.25, 0.3) is 5.56 Å². The van der Waals surface area contributed by atoms with E-state index in [9.17, 15) is 4.79 Å². The average molecular weight is 429 g/mol. The van der Waals surface area contributed by atoms with E-state index in [-0.39, 0.29) is 17.9 Å². The molecule has 0 aliphatic heterocycles. The first-order chi connectivity index (χ1) is 14.7. The van der Waals surface area contributed by atoms with Gasteiger partial charge in [-0.05, 0) is 30.0 Å². The van der Waals surface area contributed by atoms with Crippen LogP contribution in [0.3, 0.4) is 0 Å². The summed E-state index contributed by atoms with van der Waals surface area (Å²) < 4.78 is 17.8. The minimum Gasteiger partial charge on any atom is -0.493 e. The molecule has 1 aromatic heterocycles. The number of thioether (sulfide) groups is 1. The maximum absolute atomic E-state index is 13.0. The van der Waals surface area contributed by atoms with Gasteiger partial charge in [-0.15, -0.1) is 22.0 Å². The van der Waals surface area contributed by atoms with E-state index in [4.69, 9.17) is 14.2 Å². The summed E-state index contributed by atoms with van der Waals surface area (Å²) in [6.07, 6.45) is 0. The van der Waals surface area contributed by atoms with E-state index in [2.05, 4.69) is 15.5 Å². The lowest BCUT2D eigenvalue weighted by Gasteiger charge is -2.15. The van der Waals surface area contributed by atoms with Gasteiger partial charge in [0.1, 0.15) is 12.4 Å². The van der Waals surface area contributed by atoms with E-state index in [1.165, 1.54) is 0 Å². The Morgan fingerprint density at radius 3 is 2.50 bits per heavy atom. The monoisotopic (exact) mass is 428 g/mol. The van der Waals surface area contributed by atoms with E-state index in [0.29, 0.717) is 34.8 Å². The molecule has 0 amide bonds. The lowest BCUT2D eigenvalue weighted by molar-refractivity contribution is 0.296. The van der Waals surface area contributed by atoms with Crippen LogP contribution in [-0.2, 0) is 12.5 Å². The van der Waals surface area contributed by atoms with Gasteiger partial charge in [0.05, 0.1) is 20.1 Å². The molecule has 0 aliphatic carbocycles. The van der Waals surface area contributed by atoms with E-state index in [0.717, 1.165) is 5.75 Å². The lowest BCUT2D eigenvalue weighted by Crippen LogP contribution is -2.29. The van der Waals surface area contributed by atoms with Crippen molar-refractivity contribution >= 4 is 23.4 Å². The summed E-state index contributed by atoms with van der Waals surface area (Å²) in [7, 11) is 3.14. The van der Waals surface area contributed by atoms with Gasteiger partial charge in [-0.2, -0.15) is 0 Å². The predicted molar refractivity (Wildman–Crippen MR) is 118 cm³/mol. The van der Waals surface area contributed by atoms with Crippen LogP contribution in [0.15, 0.2) is 53.3 Å². The molecule has 0 atom stereocenters. The van der Waals surface area contributed by atoms with Gasteiger partial charge in [0, 0.05) is 11.8 Å². The molecule has 0 fully saturated rings. The second-order valence-electron chi connectivity index (χ2n) is 6.12. The van der Waals surface area contributed by atoms with Crippen molar-refractivity contribution in [3.8, 4) is 17.2 Å². The number of ether oxygens (including phenoxy) is 3. The summed E-state index contributed by atoms with van der Waals surface area (Å²) in [6.45, 7) is 2.08. The quantitative estimate of drug-likeness (QED) is 0.523. The van der Waals surface area contributed by atoms with Crippen LogP contribution in [0.4, 0.5) is 11.6 Å². The SMILES string of the molecule is CCSCn1c(Nc2ccc(OC)c(OC)c2)nnc(COc2ccccc2)c1=O. The van der Waals surface area contributed by atoms with Crippen molar-refractivity contribution in [3.05, 3.63) is 64.6 Å². The minimum atomic E-state index is -0.246. The summed E-state index contributed by atoms with van der Waals surface area (Å²) in [5.41, 5.74) is 0.697. The molecule has 1 N–H and O–H groups in total. The van der Waals surface area contributed by atoms with Crippen LogP contribution in [0.2, 0.25) is 0 Å². The maximum Gasteiger partial charge on any atom is 0.281 e. The standard InChI is InChI=1S/C21H24N4O4S/c1-4-30-14-25-20(26)17(13-29-16-8-6-5-7-9-16)23-24-21(25)22-15-10-11-18(27-2)19(12-15)28-3/h5-12H,4,13-14H2,1-3H3,(H,22,24). The van der Waals surface area contributed by atoms with Crippen LogP contribution in [0.1, 0.15) is 12.6 Å². The normalized spacial score (nSPS) is 10.5. The van der Waals surface area contributed by atoms with Gasteiger partial charge in [-0.3, -0.25) is 9.36 Å². The first-order valence-corrected chi connectivity index (χ1v) is 10.5. The van der Waals surface area contributed by atoms with Gasteiger partial charge < -0.3 is 19.5 Å². The van der Waals surface area contributed by atoms with Crippen molar-refractivity contribution in [2.75, 3.05) is 25.3 Å². The van der Waals surface area contributed by atoms with E-state index in [1.54, 1.807) is 42.7 Å². The summed E-state index contributed by atoms with van der Waals surface area (Å²) in [6, 6.07) is 14.7. The molecule has 9 heteroatoms. The van der Waals surface area contributed by atoms with Gasteiger partial charge in [-0.25, -0.2) is 0 Å². The summed E-state index contributed by atoms with van der Waals surface area (Å²) in [5.74, 6) is 3.50. The zero-order valence-corrected chi connectivity index (χ0v) is 17.9. The second-order valence-corrected chi connectivity index (χ2v) is 7.37. The van der Waals surface area contributed by atoms with Crippen LogP contribution >= 0.6 is 11.8 Å². The van der Waals surface area contributed by atoms with Crippen molar-refractivity contribution in [3.63, 3.8) is 0 Å². The first-order valence-electron chi connectivity index (χ1n) is 9.37. The number of benzene rings is 2. The highest BCUT2D eigenvalue weighted by Crippen LogP contribution is 2.30. The van der Waals surface area contributed by atoms with Gasteiger partial charge >= 0.3 is 0 Å². The minimum absolute atomic E-state index is 0.0449. The predicted octanol–water partition coefficient (Wildman–Crippen LogP) is 3.69. The van der Waals surface area contributed by atoms with Crippen LogP contribution in [-0.4, -0.2) is 34.7 Å². The number of methoxy groups -OCH3 is 2. The number of hydrogen-bond acceptors (Lipinski definition) is 8. The summed E-state index contributed by atoms with van der Waals surface area (Å²) >= 11 is 1.61. The Balaban J connectivity index is 1.86. The Morgan fingerprint density at radius 2 is 1.80 bits per heavy atom. The van der Waals surface area contributed by atoms with Crippen LogP contribution < -0.4 is 25.1 Å². The van der Waals surface area contributed by atoms with E-state index < -0.39 is 0 Å². The molecule has 0 radical (unpaired) electrons. The molecular weight excluding hydrogens is 404 g/mol. The molecule has 0 unspecified atom stereocenters. The molecule has 0 saturated carbocycles. The van der Waals surface area contributed by atoms with Crippen molar-refractivity contribution in [1.29, 1.82) is 0 Å². The molecule has 2 aromatic carbocycles. The Hall–Kier alpha value is -3.20. The molecule has 3 aromatic rings. The Kier molecular flexibility index (Phi) is 7.56. The molecule has 8 nitrogen and oxygen atoms in total. The third-order valence-electron chi connectivity index (χ3n) is 4.20. The summed E-state index contributed by atoms with van der Waals surface area (Å²) in [5, 5.41) is 11.5. The number of hydrogen-bond donors (Lipinski definition) is 1. The van der Waals surface area contributed by atoms with Crippen molar-refractivity contribution in [1.82, 2.24) is 14.8 Å². The number of aromatic nitrogens is 3. The van der Waals surface area contributed by atoms with Gasteiger partial charge in [-0.1, -0.05) is 25.1 Å². The van der Waals surface area contributed by atoms with E-state index in [1.807, 2.05) is 43.3 Å². The zero-order valence-electron chi connectivity index (χ0n) is 17.1. The molecule has 0 spiro atoms. The largest absolute Gasteiger partial charge is 0.493 e. The van der Waals surface area contributed by atoms with E-state index >= 15 is 0 Å². The summed E-state index contributed by atoms with van der Waals surface area (Å²) in [4.78, 5) is 13.0. The smallest absolute Gasteiger partial charge is 0.281 e. The third kappa shape index (κ3) is 5.24. The average Bonchev–Trinajstić information content (AvgIpc) is 2.79.